The Morgan fingerprint density at radius 3 is 3.00 bits per heavy atom. The summed E-state index contributed by atoms with van der Waals surface area (Å²) in [4.78, 5) is 4.97. The van der Waals surface area contributed by atoms with Gasteiger partial charge < -0.3 is 5.73 Å². The number of nitrogen functional groups attached to an aromatic ring is 1. The fourth-order valence-electron chi connectivity index (χ4n) is 0.733. The summed E-state index contributed by atoms with van der Waals surface area (Å²) >= 11 is 5.02. The van der Waals surface area contributed by atoms with Gasteiger partial charge in [0.25, 0.3) is 0 Å². The van der Waals surface area contributed by atoms with Crippen molar-refractivity contribution < 1.29 is 0 Å². The Labute approximate surface area is 84.4 Å². The highest BCUT2D eigenvalue weighted by Gasteiger charge is 2.03. The van der Waals surface area contributed by atoms with Crippen molar-refractivity contribution in [3.63, 3.8) is 0 Å². The number of rotatable bonds is 3. The molecule has 1 aromatic rings. The summed E-state index contributed by atoms with van der Waals surface area (Å²) in [6, 6.07) is 0. The Balaban J connectivity index is 2.88. The summed E-state index contributed by atoms with van der Waals surface area (Å²) < 4.78 is 0.939. The van der Waals surface area contributed by atoms with Crippen LogP contribution in [0.15, 0.2) is 34.4 Å². The first-order valence-electron chi connectivity index (χ1n) is 3.38. The van der Waals surface area contributed by atoms with Crippen molar-refractivity contribution in [2.45, 2.75) is 4.90 Å². The van der Waals surface area contributed by atoms with Crippen LogP contribution in [0, 0.1) is 0 Å². The molecule has 0 spiro atoms. The van der Waals surface area contributed by atoms with Crippen LogP contribution in [0.1, 0.15) is 0 Å². The number of nitrogens with zero attached hydrogens (tertiary/aromatic N) is 1. The molecule has 0 unspecified atom stereocenters. The summed E-state index contributed by atoms with van der Waals surface area (Å²) in [5, 5.41) is 0. The molecular formula is C8H9BrN2S. The third kappa shape index (κ3) is 2.25. The molecule has 0 atom stereocenters. The van der Waals surface area contributed by atoms with Crippen molar-refractivity contribution in [1.29, 1.82) is 0 Å². The summed E-state index contributed by atoms with van der Waals surface area (Å²) in [5.41, 5.74) is 6.42. The van der Waals surface area contributed by atoms with Gasteiger partial charge in [0.2, 0.25) is 0 Å². The first-order chi connectivity index (χ1) is 5.75. The minimum absolute atomic E-state index is 0.705. The van der Waals surface area contributed by atoms with E-state index in [1.165, 1.54) is 0 Å². The average molecular weight is 245 g/mol. The Hall–Kier alpha value is -0.480. The summed E-state index contributed by atoms with van der Waals surface area (Å²) in [6.45, 7) is 3.64. The Bertz CT molecular complexity index is 268. The number of anilines is 1. The maximum absolute atomic E-state index is 5.71. The zero-order chi connectivity index (χ0) is 8.97. The fourth-order valence-corrected chi connectivity index (χ4v) is 2.12. The molecule has 1 rings (SSSR count). The molecule has 1 aromatic heterocycles. The van der Waals surface area contributed by atoms with Crippen LogP contribution in [-0.2, 0) is 0 Å². The van der Waals surface area contributed by atoms with Gasteiger partial charge in [0, 0.05) is 16.8 Å². The Morgan fingerprint density at radius 2 is 2.42 bits per heavy atom. The molecule has 2 N–H and O–H groups in total. The van der Waals surface area contributed by atoms with E-state index in [0.717, 1.165) is 15.1 Å². The molecule has 64 valence electrons. The predicted octanol–water partition coefficient (Wildman–Crippen LogP) is 2.70. The van der Waals surface area contributed by atoms with Crippen LogP contribution in [-0.4, -0.2) is 10.7 Å². The lowest BCUT2D eigenvalue weighted by Gasteiger charge is -2.04. The van der Waals surface area contributed by atoms with Crippen LogP contribution in [0.25, 0.3) is 0 Å². The molecule has 0 aliphatic rings. The third-order valence-electron chi connectivity index (χ3n) is 1.23. The van der Waals surface area contributed by atoms with E-state index in [2.05, 4.69) is 27.5 Å². The average Bonchev–Trinajstić information content (AvgIpc) is 2.04. The SMILES string of the molecule is C=CCSc1c(N)cncc1Br. The maximum Gasteiger partial charge on any atom is 0.0650 e. The van der Waals surface area contributed by atoms with Gasteiger partial charge in [-0.15, -0.1) is 18.3 Å². The molecular weight excluding hydrogens is 236 g/mol. The first-order valence-corrected chi connectivity index (χ1v) is 5.16. The van der Waals surface area contributed by atoms with Gasteiger partial charge in [-0.1, -0.05) is 6.08 Å². The monoisotopic (exact) mass is 244 g/mol. The Kier molecular flexibility index (Phi) is 3.62. The largest absolute Gasteiger partial charge is 0.397 e. The number of halogens is 1. The van der Waals surface area contributed by atoms with Gasteiger partial charge in [0.15, 0.2) is 0 Å². The number of pyridine rings is 1. The van der Waals surface area contributed by atoms with Crippen LogP contribution in [0.3, 0.4) is 0 Å². The molecule has 4 heteroatoms. The molecule has 2 nitrogen and oxygen atoms in total. The van der Waals surface area contributed by atoms with E-state index in [1.807, 2.05) is 6.08 Å². The van der Waals surface area contributed by atoms with Crippen molar-refractivity contribution >= 4 is 33.4 Å². The second-order valence-corrected chi connectivity index (χ2v) is 4.02. The Morgan fingerprint density at radius 1 is 1.67 bits per heavy atom. The van der Waals surface area contributed by atoms with Gasteiger partial charge in [0.1, 0.15) is 0 Å². The van der Waals surface area contributed by atoms with E-state index in [4.69, 9.17) is 5.73 Å². The zero-order valence-corrected chi connectivity index (χ0v) is 8.86. The van der Waals surface area contributed by atoms with Crippen molar-refractivity contribution in [2.75, 3.05) is 11.5 Å². The molecule has 0 amide bonds. The van der Waals surface area contributed by atoms with Crippen LogP contribution in [0.5, 0.6) is 0 Å². The minimum Gasteiger partial charge on any atom is -0.397 e. The van der Waals surface area contributed by atoms with Gasteiger partial charge in [-0.3, -0.25) is 4.98 Å². The quantitative estimate of drug-likeness (QED) is 0.657. The molecule has 0 saturated carbocycles. The molecule has 0 aliphatic heterocycles. The first kappa shape index (κ1) is 9.61. The minimum atomic E-state index is 0.705. The normalized spacial score (nSPS) is 9.75. The van der Waals surface area contributed by atoms with Gasteiger partial charge in [-0.05, 0) is 15.9 Å². The van der Waals surface area contributed by atoms with Crippen LogP contribution < -0.4 is 5.73 Å². The molecule has 0 bridgehead atoms. The van der Waals surface area contributed by atoms with Gasteiger partial charge in [0.05, 0.1) is 16.4 Å². The zero-order valence-electron chi connectivity index (χ0n) is 6.46. The molecule has 0 fully saturated rings. The highest BCUT2D eigenvalue weighted by Crippen LogP contribution is 2.31. The molecule has 12 heavy (non-hydrogen) atoms. The van der Waals surface area contributed by atoms with E-state index in [-0.39, 0.29) is 0 Å². The van der Waals surface area contributed by atoms with Crippen LogP contribution in [0.2, 0.25) is 0 Å². The fraction of sp³-hybridized carbons (Fsp3) is 0.125. The maximum atomic E-state index is 5.71. The van der Waals surface area contributed by atoms with Crippen molar-refractivity contribution in [3.8, 4) is 0 Å². The van der Waals surface area contributed by atoms with Crippen LogP contribution in [0.4, 0.5) is 5.69 Å². The lowest BCUT2D eigenvalue weighted by Crippen LogP contribution is -1.91. The summed E-state index contributed by atoms with van der Waals surface area (Å²) in [6.07, 6.45) is 5.23. The standard InChI is InChI=1S/C8H9BrN2S/c1-2-3-12-8-6(9)4-11-5-7(8)10/h2,4-5H,1,3,10H2. The number of thioether (sulfide) groups is 1. The molecule has 1 heterocycles. The van der Waals surface area contributed by atoms with Crippen LogP contribution >= 0.6 is 27.7 Å². The smallest absolute Gasteiger partial charge is 0.0650 e. The second kappa shape index (κ2) is 4.52. The van der Waals surface area contributed by atoms with E-state index in [0.29, 0.717) is 5.69 Å². The van der Waals surface area contributed by atoms with Crippen molar-refractivity contribution in [3.05, 3.63) is 29.5 Å². The predicted molar refractivity (Wildman–Crippen MR) is 57.3 cm³/mol. The van der Waals surface area contributed by atoms with E-state index >= 15 is 0 Å². The lowest BCUT2D eigenvalue weighted by molar-refractivity contribution is 1.24. The van der Waals surface area contributed by atoms with E-state index < -0.39 is 0 Å². The number of hydrogen-bond acceptors (Lipinski definition) is 3. The molecule has 0 radical (unpaired) electrons. The number of aromatic nitrogens is 1. The molecule has 0 aliphatic carbocycles. The topological polar surface area (TPSA) is 38.9 Å². The highest BCUT2D eigenvalue weighted by molar-refractivity contribution is 9.10. The third-order valence-corrected chi connectivity index (χ3v) is 3.24. The van der Waals surface area contributed by atoms with Gasteiger partial charge in [-0.2, -0.15) is 0 Å². The van der Waals surface area contributed by atoms with Crippen molar-refractivity contribution in [1.82, 2.24) is 4.98 Å². The molecule has 0 saturated heterocycles. The summed E-state index contributed by atoms with van der Waals surface area (Å²) in [5.74, 6) is 0.854. The second-order valence-electron chi connectivity index (χ2n) is 2.14. The lowest BCUT2D eigenvalue weighted by atomic mass is 10.4. The number of hydrogen-bond donors (Lipinski definition) is 1. The van der Waals surface area contributed by atoms with Crippen molar-refractivity contribution in [2.24, 2.45) is 0 Å². The van der Waals surface area contributed by atoms with Gasteiger partial charge >= 0.3 is 0 Å². The summed E-state index contributed by atoms with van der Waals surface area (Å²) in [7, 11) is 0. The highest BCUT2D eigenvalue weighted by atomic mass is 79.9. The van der Waals surface area contributed by atoms with Gasteiger partial charge in [-0.25, -0.2) is 0 Å². The molecule has 0 aromatic carbocycles. The number of nitrogens with two attached hydrogens (primary N) is 1. The van der Waals surface area contributed by atoms with E-state index in [1.54, 1.807) is 24.2 Å². The van der Waals surface area contributed by atoms with E-state index in [9.17, 15) is 0 Å².